The minimum atomic E-state index is -0.926. The largest absolute Gasteiger partial charge is 0.480 e. The molecule has 1 aliphatic heterocycles. The second-order valence-corrected chi connectivity index (χ2v) is 6.68. The fourth-order valence-electron chi connectivity index (χ4n) is 2.58. The molecular formula is C14H20N2O3S. The zero-order valence-corrected chi connectivity index (χ0v) is 12.7. The number of carbonyl (C=O) groups excluding carboxylic acids is 1. The van der Waals surface area contributed by atoms with Crippen molar-refractivity contribution in [2.45, 2.75) is 39.3 Å². The molecule has 0 spiro atoms. The van der Waals surface area contributed by atoms with Gasteiger partial charge in [-0.25, -0.2) is 9.59 Å². The van der Waals surface area contributed by atoms with Crippen LogP contribution in [0.15, 0.2) is 12.1 Å². The van der Waals surface area contributed by atoms with Crippen LogP contribution in [0.3, 0.4) is 0 Å². The Morgan fingerprint density at radius 3 is 2.75 bits per heavy atom. The molecule has 0 aliphatic carbocycles. The second-order valence-electron chi connectivity index (χ2n) is 5.36. The van der Waals surface area contributed by atoms with E-state index in [2.05, 4.69) is 5.32 Å². The minimum Gasteiger partial charge on any atom is -0.480 e. The lowest BCUT2D eigenvalue weighted by atomic mass is 10.0. The molecular weight excluding hydrogens is 276 g/mol. The first-order chi connectivity index (χ1) is 9.40. The molecule has 0 bridgehead atoms. The number of aliphatic carboxylic acids is 1. The maximum absolute atomic E-state index is 12.3. The number of amides is 2. The van der Waals surface area contributed by atoms with Crippen molar-refractivity contribution in [2.24, 2.45) is 5.92 Å². The van der Waals surface area contributed by atoms with Gasteiger partial charge in [0.2, 0.25) is 0 Å². The van der Waals surface area contributed by atoms with Crippen LogP contribution < -0.4 is 5.32 Å². The lowest BCUT2D eigenvalue weighted by Crippen LogP contribution is -2.48. The maximum Gasteiger partial charge on any atom is 0.326 e. The third-order valence-corrected chi connectivity index (χ3v) is 4.93. The summed E-state index contributed by atoms with van der Waals surface area (Å²) in [4.78, 5) is 27.2. The van der Waals surface area contributed by atoms with Crippen LogP contribution in [0, 0.1) is 12.8 Å². The summed E-state index contributed by atoms with van der Waals surface area (Å²) in [6.07, 6.45) is 0.733. The van der Waals surface area contributed by atoms with Crippen LogP contribution in [-0.4, -0.2) is 34.6 Å². The van der Waals surface area contributed by atoms with Crippen LogP contribution in [0.5, 0.6) is 0 Å². The topological polar surface area (TPSA) is 69.6 Å². The minimum absolute atomic E-state index is 0.00228. The summed E-state index contributed by atoms with van der Waals surface area (Å²) >= 11 is 1.64. The van der Waals surface area contributed by atoms with Crippen LogP contribution in [0.2, 0.25) is 0 Å². The fourth-order valence-corrected chi connectivity index (χ4v) is 3.46. The van der Waals surface area contributed by atoms with Crippen molar-refractivity contribution < 1.29 is 14.7 Å². The Labute approximate surface area is 122 Å². The van der Waals surface area contributed by atoms with Crippen molar-refractivity contribution in [1.29, 1.82) is 0 Å². The van der Waals surface area contributed by atoms with E-state index >= 15 is 0 Å². The molecule has 0 saturated carbocycles. The van der Waals surface area contributed by atoms with E-state index in [-0.39, 0.29) is 18.0 Å². The molecule has 2 heterocycles. The number of likely N-dealkylation sites (tertiary alicyclic amines) is 1. The number of rotatable bonds is 3. The molecule has 1 aliphatic rings. The van der Waals surface area contributed by atoms with Crippen LogP contribution in [0.1, 0.15) is 36.1 Å². The van der Waals surface area contributed by atoms with Gasteiger partial charge in [0.25, 0.3) is 0 Å². The average Bonchev–Trinajstić information content (AvgIpc) is 2.95. The van der Waals surface area contributed by atoms with Crippen molar-refractivity contribution in [3.8, 4) is 0 Å². The summed E-state index contributed by atoms with van der Waals surface area (Å²) in [5.74, 6) is -0.928. The average molecular weight is 296 g/mol. The lowest BCUT2D eigenvalue weighted by molar-refractivity contribution is -0.142. The quantitative estimate of drug-likeness (QED) is 0.901. The van der Waals surface area contributed by atoms with Gasteiger partial charge in [-0.2, -0.15) is 0 Å². The third-order valence-electron chi connectivity index (χ3n) is 3.74. The van der Waals surface area contributed by atoms with E-state index in [4.69, 9.17) is 0 Å². The van der Waals surface area contributed by atoms with Crippen molar-refractivity contribution >= 4 is 23.3 Å². The Morgan fingerprint density at radius 2 is 2.20 bits per heavy atom. The van der Waals surface area contributed by atoms with E-state index in [0.717, 1.165) is 11.3 Å². The molecule has 0 radical (unpaired) electrons. The Balaban J connectivity index is 2.03. The number of hydrogen-bond acceptors (Lipinski definition) is 3. The van der Waals surface area contributed by atoms with Gasteiger partial charge in [-0.15, -0.1) is 11.3 Å². The first-order valence-corrected chi connectivity index (χ1v) is 7.58. The smallest absolute Gasteiger partial charge is 0.326 e. The molecule has 2 N–H and O–H groups in total. The van der Waals surface area contributed by atoms with Crippen LogP contribution in [0.25, 0.3) is 0 Å². The summed E-state index contributed by atoms with van der Waals surface area (Å²) in [7, 11) is 0. The van der Waals surface area contributed by atoms with Gasteiger partial charge < -0.3 is 15.3 Å². The summed E-state index contributed by atoms with van der Waals surface area (Å²) in [6.45, 7) is 6.31. The first kappa shape index (κ1) is 14.8. The Kier molecular flexibility index (Phi) is 4.32. The number of carbonyl (C=O) groups is 2. The number of hydrogen-bond donors (Lipinski definition) is 2. The van der Waals surface area contributed by atoms with Crippen molar-refractivity contribution in [2.75, 3.05) is 6.54 Å². The molecule has 3 unspecified atom stereocenters. The number of thiophene rings is 1. The highest BCUT2D eigenvalue weighted by Crippen LogP contribution is 2.26. The lowest BCUT2D eigenvalue weighted by Gasteiger charge is -2.25. The summed E-state index contributed by atoms with van der Waals surface area (Å²) in [5, 5.41) is 12.1. The van der Waals surface area contributed by atoms with E-state index in [1.165, 1.54) is 9.78 Å². The predicted molar refractivity (Wildman–Crippen MR) is 77.9 cm³/mol. The standard InChI is InChI=1S/C14H20N2O3S/c1-8-6-7-16(12(8)13(17)18)14(19)15-10(3)11-5-4-9(2)20-11/h4-5,8,10,12H,6-7H2,1-3H3,(H,15,19)(H,17,18). The molecule has 6 heteroatoms. The van der Waals surface area contributed by atoms with E-state index in [9.17, 15) is 14.7 Å². The van der Waals surface area contributed by atoms with E-state index in [1.807, 2.05) is 32.9 Å². The normalized spacial score (nSPS) is 23.6. The number of nitrogens with zero attached hydrogens (tertiary/aromatic N) is 1. The fraction of sp³-hybridized carbons (Fsp3) is 0.571. The van der Waals surface area contributed by atoms with E-state index in [0.29, 0.717) is 6.54 Å². The highest BCUT2D eigenvalue weighted by molar-refractivity contribution is 7.12. The Hall–Kier alpha value is -1.56. The van der Waals surface area contributed by atoms with E-state index in [1.54, 1.807) is 11.3 Å². The number of nitrogens with one attached hydrogen (secondary N) is 1. The molecule has 3 atom stereocenters. The van der Waals surface area contributed by atoms with Gasteiger partial charge in [-0.3, -0.25) is 0 Å². The number of carboxylic acids is 1. The molecule has 1 aromatic heterocycles. The van der Waals surface area contributed by atoms with Crippen LogP contribution in [0.4, 0.5) is 4.79 Å². The van der Waals surface area contributed by atoms with Gasteiger partial charge in [0.1, 0.15) is 6.04 Å². The molecule has 0 aromatic carbocycles. The second kappa shape index (κ2) is 5.83. The Bertz CT molecular complexity index is 514. The van der Waals surface area contributed by atoms with Gasteiger partial charge in [0.15, 0.2) is 0 Å². The summed E-state index contributed by atoms with van der Waals surface area (Å²) in [6, 6.07) is 2.89. The molecule has 1 aromatic rings. The molecule has 1 saturated heterocycles. The highest BCUT2D eigenvalue weighted by Gasteiger charge is 2.39. The van der Waals surface area contributed by atoms with Crippen molar-refractivity contribution in [3.05, 3.63) is 21.9 Å². The van der Waals surface area contributed by atoms with Gasteiger partial charge >= 0.3 is 12.0 Å². The molecule has 2 rings (SSSR count). The van der Waals surface area contributed by atoms with Crippen LogP contribution in [-0.2, 0) is 4.79 Å². The molecule has 20 heavy (non-hydrogen) atoms. The van der Waals surface area contributed by atoms with E-state index < -0.39 is 12.0 Å². The SMILES string of the molecule is Cc1ccc(C(C)NC(=O)N2CCC(C)C2C(=O)O)s1. The predicted octanol–water partition coefficient (Wildman–Crippen LogP) is 2.62. The monoisotopic (exact) mass is 296 g/mol. The van der Waals surface area contributed by atoms with Gasteiger partial charge in [0.05, 0.1) is 6.04 Å². The van der Waals surface area contributed by atoms with Gasteiger partial charge in [-0.05, 0) is 38.3 Å². The number of carboxylic acid groups (broad SMARTS) is 1. The molecule has 2 amide bonds. The van der Waals surface area contributed by atoms with Crippen molar-refractivity contribution in [1.82, 2.24) is 10.2 Å². The van der Waals surface area contributed by atoms with Gasteiger partial charge in [0, 0.05) is 16.3 Å². The third kappa shape index (κ3) is 2.95. The highest BCUT2D eigenvalue weighted by atomic mass is 32.1. The first-order valence-electron chi connectivity index (χ1n) is 6.76. The molecule has 5 nitrogen and oxygen atoms in total. The number of urea groups is 1. The molecule has 110 valence electrons. The maximum atomic E-state index is 12.3. The van der Waals surface area contributed by atoms with Gasteiger partial charge in [-0.1, -0.05) is 6.92 Å². The summed E-state index contributed by atoms with van der Waals surface area (Å²) in [5.41, 5.74) is 0. The zero-order valence-electron chi connectivity index (χ0n) is 11.9. The summed E-state index contributed by atoms with van der Waals surface area (Å²) < 4.78 is 0. The Morgan fingerprint density at radius 1 is 1.50 bits per heavy atom. The zero-order chi connectivity index (χ0) is 14.9. The molecule has 1 fully saturated rings. The van der Waals surface area contributed by atoms with Crippen molar-refractivity contribution in [3.63, 3.8) is 0 Å². The van der Waals surface area contributed by atoms with Crippen LogP contribution >= 0.6 is 11.3 Å². The number of aryl methyl sites for hydroxylation is 1.